The van der Waals surface area contributed by atoms with Gasteiger partial charge < -0.3 is 15.0 Å². The quantitative estimate of drug-likeness (QED) is 0.761. The second-order valence-corrected chi connectivity index (χ2v) is 7.68. The molecule has 0 aromatic carbocycles. The molecule has 3 nitrogen and oxygen atoms in total. The van der Waals surface area contributed by atoms with Crippen LogP contribution in [-0.4, -0.2) is 50.8 Å². The summed E-state index contributed by atoms with van der Waals surface area (Å²) in [4.78, 5) is 2.68. The fraction of sp³-hybridized carbons (Fsp3) is 1.00. The van der Waals surface area contributed by atoms with Crippen LogP contribution in [0.1, 0.15) is 58.8 Å². The molecule has 2 aliphatic rings. The Morgan fingerprint density at radius 3 is 2.48 bits per heavy atom. The van der Waals surface area contributed by atoms with Crippen molar-refractivity contribution < 1.29 is 4.74 Å². The monoisotopic (exact) mass is 296 g/mol. The van der Waals surface area contributed by atoms with Gasteiger partial charge in [0.25, 0.3) is 0 Å². The first-order valence-electron chi connectivity index (χ1n) is 9.21. The molecule has 0 aromatic rings. The van der Waals surface area contributed by atoms with Gasteiger partial charge in [0.15, 0.2) is 0 Å². The Bertz CT molecular complexity index is 264. The lowest BCUT2D eigenvalue weighted by atomic mass is 9.79. The minimum Gasteiger partial charge on any atom is -0.380 e. The van der Waals surface area contributed by atoms with Gasteiger partial charge in [0.1, 0.15) is 0 Å². The topological polar surface area (TPSA) is 24.5 Å². The molecule has 0 radical (unpaired) electrons. The minimum atomic E-state index is 0.510. The zero-order valence-corrected chi connectivity index (χ0v) is 14.3. The van der Waals surface area contributed by atoms with Gasteiger partial charge in [0.05, 0.1) is 6.61 Å². The highest BCUT2D eigenvalue weighted by molar-refractivity contribution is 4.87. The Morgan fingerprint density at radius 1 is 1.00 bits per heavy atom. The van der Waals surface area contributed by atoms with Crippen molar-refractivity contribution in [3.63, 3.8) is 0 Å². The second-order valence-electron chi connectivity index (χ2n) is 7.68. The normalized spacial score (nSPS) is 24.7. The average molecular weight is 296 g/mol. The number of rotatable bonds is 6. The van der Waals surface area contributed by atoms with E-state index in [1.807, 2.05) is 0 Å². The minimum absolute atomic E-state index is 0.510. The van der Waals surface area contributed by atoms with Gasteiger partial charge in [-0.15, -0.1) is 0 Å². The highest BCUT2D eigenvalue weighted by Crippen LogP contribution is 2.35. The molecule has 1 heterocycles. The van der Waals surface area contributed by atoms with Gasteiger partial charge in [-0.3, -0.25) is 0 Å². The molecule has 1 aliphatic carbocycles. The predicted octanol–water partition coefficient (Wildman–Crippen LogP) is 3.29. The zero-order valence-electron chi connectivity index (χ0n) is 14.3. The van der Waals surface area contributed by atoms with E-state index in [0.29, 0.717) is 5.41 Å². The number of nitrogens with one attached hydrogen (secondary N) is 1. The van der Waals surface area contributed by atoms with Crippen LogP contribution < -0.4 is 5.32 Å². The Morgan fingerprint density at radius 2 is 1.76 bits per heavy atom. The molecule has 1 aliphatic heterocycles. The molecular weight excluding hydrogens is 260 g/mol. The number of hydrogen-bond acceptors (Lipinski definition) is 3. The molecule has 0 spiro atoms. The van der Waals surface area contributed by atoms with E-state index < -0.39 is 0 Å². The zero-order chi connectivity index (χ0) is 15.0. The van der Waals surface area contributed by atoms with Crippen LogP contribution >= 0.6 is 0 Å². The van der Waals surface area contributed by atoms with Crippen molar-refractivity contribution in [2.75, 3.05) is 45.9 Å². The summed E-state index contributed by atoms with van der Waals surface area (Å²) in [5.74, 6) is 0.749. The van der Waals surface area contributed by atoms with Gasteiger partial charge >= 0.3 is 0 Å². The van der Waals surface area contributed by atoms with Crippen molar-refractivity contribution in [3.8, 4) is 0 Å². The molecule has 1 saturated carbocycles. The third-order valence-electron chi connectivity index (χ3n) is 5.09. The van der Waals surface area contributed by atoms with E-state index in [-0.39, 0.29) is 0 Å². The molecule has 3 heteroatoms. The summed E-state index contributed by atoms with van der Waals surface area (Å²) in [6.07, 6.45) is 9.76. The maximum Gasteiger partial charge on any atom is 0.0593 e. The van der Waals surface area contributed by atoms with Gasteiger partial charge in [0.2, 0.25) is 0 Å². The van der Waals surface area contributed by atoms with Crippen molar-refractivity contribution in [2.24, 2.45) is 11.3 Å². The lowest BCUT2D eigenvalue weighted by Crippen LogP contribution is -2.45. The molecule has 2 fully saturated rings. The van der Waals surface area contributed by atoms with Crippen LogP contribution in [-0.2, 0) is 4.74 Å². The molecule has 0 unspecified atom stereocenters. The summed E-state index contributed by atoms with van der Waals surface area (Å²) < 4.78 is 5.63. The summed E-state index contributed by atoms with van der Waals surface area (Å²) in [7, 11) is 0. The first kappa shape index (κ1) is 17.2. The van der Waals surface area contributed by atoms with Crippen molar-refractivity contribution >= 4 is 0 Å². The molecule has 1 N–H and O–H groups in total. The summed E-state index contributed by atoms with van der Waals surface area (Å²) in [6, 6.07) is 0. The molecule has 0 bridgehead atoms. The van der Waals surface area contributed by atoms with E-state index in [0.717, 1.165) is 32.2 Å². The highest BCUT2D eigenvalue weighted by Gasteiger charge is 2.32. The average Bonchev–Trinajstić information content (AvgIpc) is 2.82. The predicted molar refractivity (Wildman–Crippen MR) is 89.7 cm³/mol. The maximum absolute atomic E-state index is 5.63. The van der Waals surface area contributed by atoms with Crippen LogP contribution in [0.25, 0.3) is 0 Å². The molecule has 124 valence electrons. The molecule has 2 rings (SSSR count). The summed E-state index contributed by atoms with van der Waals surface area (Å²) in [5, 5.41) is 3.77. The Balaban J connectivity index is 1.92. The molecular formula is C18H36N2O. The van der Waals surface area contributed by atoms with Gasteiger partial charge in [-0.05, 0) is 37.1 Å². The van der Waals surface area contributed by atoms with Crippen molar-refractivity contribution in [2.45, 2.75) is 58.8 Å². The standard InChI is InChI=1S/C18H36N2O/c1-17(2)14-19-15-18(8-5-3-4-6-9-18)16-20-10-7-12-21-13-11-20/h17,19H,3-16H2,1-2H3. The Hall–Kier alpha value is -0.120. The molecule has 0 amide bonds. The van der Waals surface area contributed by atoms with E-state index in [1.165, 1.54) is 64.6 Å². The van der Waals surface area contributed by atoms with Gasteiger partial charge in [0, 0.05) is 32.8 Å². The van der Waals surface area contributed by atoms with Crippen molar-refractivity contribution in [3.05, 3.63) is 0 Å². The van der Waals surface area contributed by atoms with Crippen LogP contribution in [0.3, 0.4) is 0 Å². The van der Waals surface area contributed by atoms with Crippen LogP contribution in [0.5, 0.6) is 0 Å². The maximum atomic E-state index is 5.63. The van der Waals surface area contributed by atoms with Crippen LogP contribution in [0.4, 0.5) is 0 Å². The SMILES string of the molecule is CC(C)CNCC1(CN2CCCOCC2)CCCCCC1. The number of nitrogens with zero attached hydrogens (tertiary/aromatic N) is 1. The third-order valence-corrected chi connectivity index (χ3v) is 5.09. The van der Waals surface area contributed by atoms with Crippen molar-refractivity contribution in [1.29, 1.82) is 0 Å². The van der Waals surface area contributed by atoms with Gasteiger partial charge in [-0.25, -0.2) is 0 Å². The second kappa shape index (κ2) is 9.12. The van der Waals surface area contributed by atoms with E-state index in [9.17, 15) is 0 Å². The fourth-order valence-corrected chi connectivity index (χ4v) is 3.93. The third kappa shape index (κ3) is 6.25. The summed E-state index contributed by atoms with van der Waals surface area (Å²) in [6.45, 7) is 12.5. The molecule has 0 atom stereocenters. The first-order valence-corrected chi connectivity index (χ1v) is 9.21. The van der Waals surface area contributed by atoms with Crippen LogP contribution in [0, 0.1) is 11.3 Å². The van der Waals surface area contributed by atoms with E-state index >= 15 is 0 Å². The summed E-state index contributed by atoms with van der Waals surface area (Å²) in [5.41, 5.74) is 0.510. The largest absolute Gasteiger partial charge is 0.380 e. The number of ether oxygens (including phenoxy) is 1. The number of hydrogen-bond donors (Lipinski definition) is 1. The van der Waals surface area contributed by atoms with Crippen LogP contribution in [0.2, 0.25) is 0 Å². The Labute approximate surface area is 131 Å². The smallest absolute Gasteiger partial charge is 0.0593 e. The van der Waals surface area contributed by atoms with E-state index in [4.69, 9.17) is 4.74 Å². The molecule has 1 saturated heterocycles. The van der Waals surface area contributed by atoms with Gasteiger partial charge in [-0.2, -0.15) is 0 Å². The molecule has 0 aromatic heterocycles. The van der Waals surface area contributed by atoms with Crippen LogP contribution in [0.15, 0.2) is 0 Å². The molecule has 21 heavy (non-hydrogen) atoms. The summed E-state index contributed by atoms with van der Waals surface area (Å²) >= 11 is 0. The highest BCUT2D eigenvalue weighted by atomic mass is 16.5. The van der Waals surface area contributed by atoms with Gasteiger partial charge in [-0.1, -0.05) is 39.5 Å². The Kier molecular flexibility index (Phi) is 7.48. The van der Waals surface area contributed by atoms with E-state index in [1.54, 1.807) is 0 Å². The lowest BCUT2D eigenvalue weighted by Gasteiger charge is -2.38. The first-order chi connectivity index (χ1) is 10.2. The fourth-order valence-electron chi connectivity index (χ4n) is 3.93. The lowest BCUT2D eigenvalue weighted by molar-refractivity contribution is 0.110. The van der Waals surface area contributed by atoms with Crippen molar-refractivity contribution in [1.82, 2.24) is 10.2 Å². The van der Waals surface area contributed by atoms with E-state index in [2.05, 4.69) is 24.1 Å².